The molecule has 4 rings (SSSR count). The molecule has 0 radical (unpaired) electrons. The summed E-state index contributed by atoms with van der Waals surface area (Å²) in [6.07, 6.45) is 0. The highest BCUT2D eigenvalue weighted by Gasteiger charge is 2.15. The van der Waals surface area contributed by atoms with E-state index in [1.807, 2.05) is 19.1 Å². The van der Waals surface area contributed by atoms with Gasteiger partial charge in [0.05, 0.1) is 0 Å². The van der Waals surface area contributed by atoms with Gasteiger partial charge in [-0.15, -0.1) is 11.3 Å². The smallest absolute Gasteiger partial charge is 0.271 e. The maximum Gasteiger partial charge on any atom is 0.271 e. The Bertz CT molecular complexity index is 1260. The van der Waals surface area contributed by atoms with E-state index in [4.69, 9.17) is 0 Å². The molecule has 10 heteroatoms. The van der Waals surface area contributed by atoms with Crippen LogP contribution in [0.4, 0.5) is 11.4 Å². The Morgan fingerprint density at radius 1 is 1.00 bits per heavy atom. The van der Waals surface area contributed by atoms with Crippen molar-refractivity contribution in [2.75, 3.05) is 10.0 Å². The van der Waals surface area contributed by atoms with Crippen molar-refractivity contribution < 1.29 is 13.2 Å². The van der Waals surface area contributed by atoms with Crippen LogP contribution in [0, 0.1) is 6.92 Å². The van der Waals surface area contributed by atoms with E-state index in [9.17, 15) is 13.2 Å². The van der Waals surface area contributed by atoms with Gasteiger partial charge in [-0.2, -0.15) is 5.10 Å². The van der Waals surface area contributed by atoms with E-state index in [0.717, 1.165) is 22.7 Å². The first-order chi connectivity index (χ1) is 14.4. The summed E-state index contributed by atoms with van der Waals surface area (Å²) in [5.41, 5.74) is 2.24. The fourth-order valence-corrected chi connectivity index (χ4v) is 4.74. The third-order valence-corrected chi connectivity index (χ3v) is 6.94. The van der Waals surface area contributed by atoms with Gasteiger partial charge in [-0.3, -0.25) is 14.6 Å². The lowest BCUT2D eigenvalue weighted by molar-refractivity contribution is 0.102. The van der Waals surface area contributed by atoms with Crippen LogP contribution in [0.2, 0.25) is 0 Å². The lowest BCUT2D eigenvalue weighted by atomic mass is 10.1. The summed E-state index contributed by atoms with van der Waals surface area (Å²) >= 11 is 1.13. The Kier molecular flexibility index (Phi) is 5.34. The molecule has 0 aliphatic rings. The monoisotopic (exact) mass is 439 g/mol. The molecule has 0 spiro atoms. The predicted octanol–water partition coefficient (Wildman–Crippen LogP) is 3.89. The zero-order chi connectivity index (χ0) is 21.1. The molecule has 0 aliphatic heterocycles. The van der Waals surface area contributed by atoms with E-state index in [1.54, 1.807) is 47.8 Å². The van der Waals surface area contributed by atoms with E-state index in [2.05, 4.69) is 25.2 Å². The zero-order valence-electron chi connectivity index (χ0n) is 15.8. The van der Waals surface area contributed by atoms with Crippen molar-refractivity contribution in [2.24, 2.45) is 0 Å². The maximum absolute atomic E-state index is 12.5. The average molecular weight is 440 g/mol. The highest BCUT2D eigenvalue weighted by atomic mass is 32.2. The molecule has 0 unspecified atom stereocenters. The summed E-state index contributed by atoms with van der Waals surface area (Å²) in [5.74, 6) is 1.01. The summed E-state index contributed by atoms with van der Waals surface area (Å²) in [6.45, 7) is 1.82. The van der Waals surface area contributed by atoms with Crippen LogP contribution in [0.3, 0.4) is 0 Å². The number of carbonyl (C=O) groups excluding carboxylic acids is 1. The van der Waals surface area contributed by atoms with Crippen LogP contribution in [0.15, 0.2) is 70.3 Å². The van der Waals surface area contributed by atoms with Crippen molar-refractivity contribution in [3.63, 3.8) is 0 Å². The summed E-state index contributed by atoms with van der Waals surface area (Å²) in [7, 11) is -3.62. The van der Waals surface area contributed by atoms with Gasteiger partial charge < -0.3 is 5.32 Å². The number of thiophene rings is 1. The van der Waals surface area contributed by atoms with Gasteiger partial charge in [-0.25, -0.2) is 13.4 Å². The molecule has 0 atom stereocenters. The Morgan fingerprint density at radius 3 is 2.30 bits per heavy atom. The minimum absolute atomic E-state index is 0.230. The SMILES string of the molecule is Cc1nc(-c2ccc(NC(=O)c3ccc(NS(=O)(=O)c4cccs4)cc3)cc2)n[nH]1. The standard InChI is InChI=1S/C20H17N5O3S2/c1-13-21-19(24-23-13)14-4-8-16(9-5-14)22-20(26)15-6-10-17(11-7-15)25-30(27,28)18-3-2-12-29-18/h2-12,25H,1H3,(H,22,26)(H,21,23,24). The van der Waals surface area contributed by atoms with Crippen LogP contribution in [0.5, 0.6) is 0 Å². The van der Waals surface area contributed by atoms with Gasteiger partial charge in [0.1, 0.15) is 10.0 Å². The number of amides is 1. The molecule has 0 saturated carbocycles. The van der Waals surface area contributed by atoms with Crippen LogP contribution in [-0.4, -0.2) is 29.5 Å². The molecular formula is C20H17N5O3S2. The Balaban J connectivity index is 1.41. The molecule has 30 heavy (non-hydrogen) atoms. The number of anilines is 2. The summed E-state index contributed by atoms with van der Waals surface area (Å²) in [6, 6.07) is 16.6. The number of nitrogens with zero attached hydrogens (tertiary/aromatic N) is 2. The van der Waals surface area contributed by atoms with Gasteiger partial charge in [-0.1, -0.05) is 6.07 Å². The highest BCUT2D eigenvalue weighted by molar-refractivity contribution is 7.94. The number of carbonyl (C=O) groups is 1. The van der Waals surface area contributed by atoms with E-state index in [0.29, 0.717) is 22.8 Å². The molecule has 2 heterocycles. The van der Waals surface area contributed by atoms with Crippen molar-refractivity contribution in [1.29, 1.82) is 0 Å². The van der Waals surface area contributed by atoms with Crippen molar-refractivity contribution in [3.05, 3.63) is 77.4 Å². The van der Waals surface area contributed by atoms with Gasteiger partial charge in [0.2, 0.25) is 0 Å². The first-order valence-corrected chi connectivity index (χ1v) is 11.2. The first-order valence-electron chi connectivity index (χ1n) is 8.88. The van der Waals surface area contributed by atoms with Gasteiger partial charge in [-0.05, 0) is 66.9 Å². The molecule has 3 N–H and O–H groups in total. The third kappa shape index (κ3) is 4.39. The van der Waals surface area contributed by atoms with Crippen LogP contribution in [0.25, 0.3) is 11.4 Å². The molecule has 8 nitrogen and oxygen atoms in total. The first kappa shape index (κ1) is 19.8. The Morgan fingerprint density at radius 2 is 1.70 bits per heavy atom. The second-order valence-electron chi connectivity index (χ2n) is 6.39. The Labute approximate surface area is 177 Å². The number of benzene rings is 2. The molecule has 0 fully saturated rings. The number of rotatable bonds is 6. The lowest BCUT2D eigenvalue weighted by Crippen LogP contribution is -2.13. The topological polar surface area (TPSA) is 117 Å². The van der Waals surface area contributed by atoms with Gasteiger partial charge in [0.25, 0.3) is 15.9 Å². The minimum atomic E-state index is -3.62. The second kappa shape index (κ2) is 8.09. The average Bonchev–Trinajstić information content (AvgIpc) is 3.41. The largest absolute Gasteiger partial charge is 0.322 e. The van der Waals surface area contributed by atoms with Gasteiger partial charge >= 0.3 is 0 Å². The summed E-state index contributed by atoms with van der Waals surface area (Å²) in [4.78, 5) is 16.7. The van der Waals surface area contributed by atoms with Crippen LogP contribution in [-0.2, 0) is 10.0 Å². The van der Waals surface area contributed by atoms with E-state index in [1.165, 1.54) is 6.07 Å². The molecule has 1 amide bonds. The number of nitrogens with one attached hydrogen (secondary N) is 3. The normalized spacial score (nSPS) is 11.2. The predicted molar refractivity (Wildman–Crippen MR) is 116 cm³/mol. The minimum Gasteiger partial charge on any atom is -0.322 e. The van der Waals surface area contributed by atoms with Crippen LogP contribution >= 0.6 is 11.3 Å². The number of hydrogen-bond acceptors (Lipinski definition) is 6. The van der Waals surface area contributed by atoms with E-state index >= 15 is 0 Å². The highest BCUT2D eigenvalue weighted by Crippen LogP contribution is 2.21. The molecule has 2 aromatic heterocycles. The van der Waals surface area contributed by atoms with Crippen molar-refractivity contribution in [2.45, 2.75) is 11.1 Å². The fourth-order valence-electron chi connectivity index (χ4n) is 2.69. The summed E-state index contributed by atoms with van der Waals surface area (Å²) in [5, 5.41) is 11.4. The number of H-pyrrole nitrogens is 1. The number of sulfonamides is 1. The van der Waals surface area contributed by atoms with Crippen molar-refractivity contribution >= 4 is 38.6 Å². The molecule has 2 aromatic carbocycles. The van der Waals surface area contributed by atoms with Gasteiger partial charge in [0, 0.05) is 22.5 Å². The summed E-state index contributed by atoms with van der Waals surface area (Å²) < 4.78 is 27.3. The van der Waals surface area contributed by atoms with Crippen molar-refractivity contribution in [3.8, 4) is 11.4 Å². The number of hydrogen-bond donors (Lipinski definition) is 3. The Hall–Kier alpha value is -3.50. The molecular weight excluding hydrogens is 422 g/mol. The quantitative estimate of drug-likeness (QED) is 0.421. The van der Waals surface area contributed by atoms with Gasteiger partial charge in [0.15, 0.2) is 5.82 Å². The molecule has 0 bridgehead atoms. The fraction of sp³-hybridized carbons (Fsp3) is 0.0500. The van der Waals surface area contributed by atoms with Crippen LogP contribution in [0.1, 0.15) is 16.2 Å². The molecule has 0 saturated heterocycles. The number of aryl methyl sites for hydroxylation is 1. The van der Waals surface area contributed by atoms with Crippen molar-refractivity contribution in [1.82, 2.24) is 15.2 Å². The van der Waals surface area contributed by atoms with Crippen LogP contribution < -0.4 is 10.0 Å². The number of aromatic nitrogens is 3. The zero-order valence-corrected chi connectivity index (χ0v) is 17.4. The third-order valence-electron chi connectivity index (χ3n) is 4.16. The number of aromatic amines is 1. The molecule has 152 valence electrons. The molecule has 0 aliphatic carbocycles. The van der Waals surface area contributed by atoms with E-state index in [-0.39, 0.29) is 10.1 Å². The second-order valence-corrected chi connectivity index (χ2v) is 9.25. The molecule has 4 aromatic rings. The maximum atomic E-state index is 12.5. The van der Waals surface area contributed by atoms with E-state index < -0.39 is 10.0 Å². The lowest BCUT2D eigenvalue weighted by Gasteiger charge is -2.08.